The smallest absolute Gasteiger partial charge is 0.261 e. The van der Waals surface area contributed by atoms with Gasteiger partial charge in [0, 0.05) is 17.6 Å². The molecule has 0 aromatic heterocycles. The van der Waals surface area contributed by atoms with Crippen molar-refractivity contribution in [3.63, 3.8) is 0 Å². The summed E-state index contributed by atoms with van der Waals surface area (Å²) in [6, 6.07) is 14.1. The van der Waals surface area contributed by atoms with E-state index in [2.05, 4.69) is 5.32 Å². The Balaban J connectivity index is 2.17. The molecule has 0 heterocycles. The van der Waals surface area contributed by atoms with Gasteiger partial charge in [-0.25, -0.2) is 0 Å². The summed E-state index contributed by atoms with van der Waals surface area (Å²) in [5.41, 5.74) is 2.05. The third-order valence-corrected chi connectivity index (χ3v) is 4.59. The summed E-state index contributed by atoms with van der Waals surface area (Å²) in [7, 11) is 0. The average molecular weight is 403 g/mol. The Labute approximate surface area is 171 Å². The largest absolute Gasteiger partial charge is 0.484 e. The van der Waals surface area contributed by atoms with Gasteiger partial charge >= 0.3 is 0 Å². The van der Waals surface area contributed by atoms with Crippen LogP contribution in [0.15, 0.2) is 48.5 Å². The van der Waals surface area contributed by atoms with Gasteiger partial charge < -0.3 is 15.0 Å². The van der Waals surface area contributed by atoms with E-state index in [1.807, 2.05) is 45.0 Å². The number of halogens is 1. The summed E-state index contributed by atoms with van der Waals surface area (Å²) in [5, 5.41) is 3.40. The molecule has 2 amide bonds. The second-order valence-corrected chi connectivity index (χ2v) is 7.47. The number of benzene rings is 2. The van der Waals surface area contributed by atoms with E-state index < -0.39 is 6.04 Å². The molecular weight excluding hydrogens is 376 g/mol. The molecule has 2 aromatic carbocycles. The highest BCUT2D eigenvalue weighted by Gasteiger charge is 2.27. The van der Waals surface area contributed by atoms with E-state index in [1.54, 1.807) is 36.1 Å². The van der Waals surface area contributed by atoms with Gasteiger partial charge in [0.05, 0.1) is 0 Å². The lowest BCUT2D eigenvalue weighted by Gasteiger charge is -2.29. The molecule has 0 aliphatic carbocycles. The summed E-state index contributed by atoms with van der Waals surface area (Å²) in [4.78, 5) is 27.0. The molecule has 0 bridgehead atoms. The molecule has 0 saturated heterocycles. The summed E-state index contributed by atoms with van der Waals surface area (Å²) >= 11 is 5.96. The molecule has 0 aliphatic rings. The molecule has 0 saturated carbocycles. The van der Waals surface area contributed by atoms with Crippen LogP contribution in [0.1, 0.15) is 31.9 Å². The van der Waals surface area contributed by atoms with Crippen molar-refractivity contribution in [2.75, 3.05) is 6.61 Å². The molecule has 0 aliphatic heterocycles. The predicted octanol–water partition coefficient (Wildman–Crippen LogP) is 3.97. The first kappa shape index (κ1) is 21.8. The number of carbonyl (C=O) groups is 2. The zero-order valence-corrected chi connectivity index (χ0v) is 17.5. The molecule has 28 heavy (non-hydrogen) atoms. The summed E-state index contributed by atoms with van der Waals surface area (Å²) in [5.74, 6) is 0.0466. The van der Waals surface area contributed by atoms with E-state index in [0.717, 1.165) is 11.1 Å². The maximum absolute atomic E-state index is 12.9. The molecule has 0 spiro atoms. The van der Waals surface area contributed by atoms with Gasteiger partial charge in [-0.15, -0.1) is 0 Å². The van der Waals surface area contributed by atoms with E-state index >= 15 is 0 Å². The number of nitrogens with zero attached hydrogens (tertiary/aromatic N) is 1. The van der Waals surface area contributed by atoms with Crippen LogP contribution in [0.2, 0.25) is 5.02 Å². The monoisotopic (exact) mass is 402 g/mol. The van der Waals surface area contributed by atoms with Crippen LogP contribution in [0.25, 0.3) is 0 Å². The highest BCUT2D eigenvalue weighted by Crippen LogP contribution is 2.18. The first-order chi connectivity index (χ1) is 13.3. The third-order valence-electron chi connectivity index (χ3n) is 4.36. The van der Waals surface area contributed by atoms with Crippen LogP contribution in [-0.2, 0) is 16.1 Å². The van der Waals surface area contributed by atoms with E-state index in [-0.39, 0.29) is 24.5 Å². The van der Waals surface area contributed by atoms with E-state index in [9.17, 15) is 9.59 Å². The van der Waals surface area contributed by atoms with Crippen LogP contribution in [0.4, 0.5) is 0 Å². The third kappa shape index (κ3) is 6.27. The number of ether oxygens (including phenoxy) is 1. The fraction of sp³-hybridized carbons (Fsp3) is 0.364. The number of amides is 2. The molecule has 2 rings (SSSR count). The molecule has 0 fully saturated rings. The zero-order chi connectivity index (χ0) is 20.7. The number of nitrogens with one attached hydrogen (secondary N) is 1. The van der Waals surface area contributed by atoms with Crippen molar-refractivity contribution < 1.29 is 14.3 Å². The van der Waals surface area contributed by atoms with Crippen LogP contribution >= 0.6 is 11.6 Å². The van der Waals surface area contributed by atoms with Crippen molar-refractivity contribution in [1.82, 2.24) is 10.2 Å². The second-order valence-electron chi connectivity index (χ2n) is 7.03. The first-order valence-corrected chi connectivity index (χ1v) is 9.68. The first-order valence-electron chi connectivity index (χ1n) is 9.30. The zero-order valence-electron chi connectivity index (χ0n) is 16.7. The van der Waals surface area contributed by atoms with Gasteiger partial charge in [0.15, 0.2) is 6.61 Å². The lowest BCUT2D eigenvalue weighted by molar-refractivity contribution is -0.142. The van der Waals surface area contributed by atoms with E-state index in [0.29, 0.717) is 17.3 Å². The van der Waals surface area contributed by atoms with Crippen LogP contribution in [0.3, 0.4) is 0 Å². The Morgan fingerprint density at radius 2 is 1.82 bits per heavy atom. The SMILES string of the molecule is Cc1ccccc1CN(C(=O)COc1cccc(Cl)c1)C(C)C(=O)NC(C)C. The molecule has 1 atom stereocenters. The van der Waals surface area contributed by atoms with Crippen molar-refractivity contribution in [3.8, 4) is 5.75 Å². The Morgan fingerprint density at radius 1 is 1.11 bits per heavy atom. The Hall–Kier alpha value is -2.53. The summed E-state index contributed by atoms with van der Waals surface area (Å²) in [6.45, 7) is 7.65. The van der Waals surface area contributed by atoms with Crippen LogP contribution in [-0.4, -0.2) is 35.4 Å². The quantitative estimate of drug-likeness (QED) is 0.726. The van der Waals surface area contributed by atoms with E-state index in [1.165, 1.54) is 0 Å². The van der Waals surface area contributed by atoms with Gasteiger partial charge in [-0.1, -0.05) is 41.9 Å². The van der Waals surface area contributed by atoms with Gasteiger partial charge in [0.2, 0.25) is 5.91 Å². The Morgan fingerprint density at radius 3 is 2.46 bits per heavy atom. The minimum absolute atomic E-state index is 0.00641. The van der Waals surface area contributed by atoms with Gasteiger partial charge in [-0.05, 0) is 57.0 Å². The lowest BCUT2D eigenvalue weighted by atomic mass is 10.1. The maximum Gasteiger partial charge on any atom is 0.261 e. The second kappa shape index (κ2) is 10.1. The fourth-order valence-corrected chi connectivity index (χ4v) is 2.92. The minimum Gasteiger partial charge on any atom is -0.484 e. The number of hydrogen-bond acceptors (Lipinski definition) is 3. The van der Waals surface area contributed by atoms with Gasteiger partial charge in [-0.3, -0.25) is 9.59 Å². The van der Waals surface area contributed by atoms with Gasteiger partial charge in [0.1, 0.15) is 11.8 Å². The molecule has 6 heteroatoms. The topological polar surface area (TPSA) is 58.6 Å². The Bertz CT molecular complexity index is 823. The molecule has 1 unspecified atom stereocenters. The molecule has 0 radical (unpaired) electrons. The van der Waals surface area contributed by atoms with Crippen LogP contribution < -0.4 is 10.1 Å². The standard InChI is InChI=1S/C22H27ClN2O3/c1-15(2)24-22(27)17(4)25(13-18-9-6-5-8-16(18)3)21(26)14-28-20-11-7-10-19(23)12-20/h5-12,15,17H,13-14H2,1-4H3,(H,24,27). The number of hydrogen-bond donors (Lipinski definition) is 1. The van der Waals surface area contributed by atoms with Crippen molar-refractivity contribution in [2.24, 2.45) is 0 Å². The lowest BCUT2D eigenvalue weighted by Crippen LogP contribution is -2.50. The number of carbonyl (C=O) groups excluding carboxylic acids is 2. The van der Waals surface area contributed by atoms with Gasteiger partial charge in [-0.2, -0.15) is 0 Å². The van der Waals surface area contributed by atoms with E-state index in [4.69, 9.17) is 16.3 Å². The normalized spacial score (nSPS) is 11.8. The molecular formula is C22H27ClN2O3. The molecule has 150 valence electrons. The minimum atomic E-state index is -0.627. The number of rotatable bonds is 8. The highest BCUT2D eigenvalue weighted by molar-refractivity contribution is 6.30. The summed E-state index contributed by atoms with van der Waals surface area (Å²) < 4.78 is 5.60. The number of aryl methyl sites for hydroxylation is 1. The van der Waals surface area contributed by atoms with Crippen molar-refractivity contribution >= 4 is 23.4 Å². The highest BCUT2D eigenvalue weighted by atomic mass is 35.5. The van der Waals surface area contributed by atoms with Crippen molar-refractivity contribution in [3.05, 3.63) is 64.7 Å². The Kier molecular flexibility index (Phi) is 7.88. The fourth-order valence-electron chi connectivity index (χ4n) is 2.74. The van der Waals surface area contributed by atoms with Crippen LogP contribution in [0, 0.1) is 6.92 Å². The van der Waals surface area contributed by atoms with Crippen molar-refractivity contribution in [1.29, 1.82) is 0 Å². The maximum atomic E-state index is 12.9. The summed E-state index contributed by atoms with van der Waals surface area (Å²) in [6.07, 6.45) is 0. The average Bonchev–Trinajstić information content (AvgIpc) is 2.64. The predicted molar refractivity (Wildman–Crippen MR) is 111 cm³/mol. The molecule has 2 aromatic rings. The van der Waals surface area contributed by atoms with Crippen molar-refractivity contribution in [2.45, 2.75) is 46.3 Å². The van der Waals surface area contributed by atoms with Gasteiger partial charge in [0.25, 0.3) is 5.91 Å². The molecule has 5 nitrogen and oxygen atoms in total. The molecule has 1 N–H and O–H groups in total. The van der Waals surface area contributed by atoms with Crippen LogP contribution in [0.5, 0.6) is 5.75 Å².